The van der Waals surface area contributed by atoms with Gasteiger partial charge >= 0.3 is 0 Å². The molecule has 0 amide bonds. The highest BCUT2D eigenvalue weighted by Crippen LogP contribution is 2.19. The summed E-state index contributed by atoms with van der Waals surface area (Å²) in [6.45, 7) is 4.47. The number of rotatable bonds is 9. The quantitative estimate of drug-likeness (QED) is 0.400. The van der Waals surface area contributed by atoms with Gasteiger partial charge in [0.15, 0.2) is 0 Å². The van der Waals surface area contributed by atoms with Gasteiger partial charge in [-0.3, -0.25) is 4.79 Å². The number of aldehydes is 1. The molecular formula is C13H24O. The molecule has 0 saturated carbocycles. The van der Waals surface area contributed by atoms with Crippen LogP contribution in [0.5, 0.6) is 0 Å². The fourth-order valence-electron chi connectivity index (χ4n) is 1.69. The van der Waals surface area contributed by atoms with E-state index < -0.39 is 0 Å². The topological polar surface area (TPSA) is 17.1 Å². The predicted octanol–water partition coefficient (Wildman–Crippen LogP) is 4.13. The maximum Gasteiger partial charge on any atom is 0.142 e. The lowest BCUT2D eigenvalue weighted by Crippen LogP contribution is -1.99. The van der Waals surface area contributed by atoms with E-state index in [-0.39, 0.29) is 0 Å². The van der Waals surface area contributed by atoms with E-state index in [2.05, 4.69) is 13.8 Å². The maximum atomic E-state index is 10.1. The van der Waals surface area contributed by atoms with Crippen LogP contribution in [0.2, 0.25) is 0 Å². The zero-order valence-electron chi connectivity index (χ0n) is 9.67. The van der Waals surface area contributed by atoms with Crippen LogP contribution in [0.3, 0.4) is 0 Å². The van der Waals surface area contributed by atoms with Gasteiger partial charge in [-0.15, -0.1) is 0 Å². The van der Waals surface area contributed by atoms with Gasteiger partial charge < -0.3 is 0 Å². The van der Waals surface area contributed by atoms with Gasteiger partial charge in [0.05, 0.1) is 0 Å². The summed E-state index contributed by atoms with van der Waals surface area (Å²) in [6, 6.07) is 0. The third-order valence-corrected chi connectivity index (χ3v) is 2.62. The molecule has 0 radical (unpaired) electrons. The minimum Gasteiger partial charge on any atom is -0.299 e. The van der Waals surface area contributed by atoms with E-state index in [4.69, 9.17) is 0 Å². The average Bonchev–Trinajstić information content (AvgIpc) is 2.21. The highest BCUT2D eigenvalue weighted by molar-refractivity contribution is 5.64. The first-order valence-electron chi connectivity index (χ1n) is 5.95. The molecule has 82 valence electrons. The second-order valence-electron chi connectivity index (χ2n) is 3.95. The third-order valence-electron chi connectivity index (χ3n) is 2.62. The molecule has 0 bridgehead atoms. The van der Waals surface area contributed by atoms with Crippen molar-refractivity contribution < 1.29 is 4.79 Å². The standard InChI is InChI=1S/C13H24O/c1-3-5-9-13(10-6-4-2)11-7-8-12-14/h7-8,12-13H,3-6,9-11H2,1-2H3/b8-7+. The normalized spacial score (nSPS) is 11.4. The molecule has 0 aromatic rings. The van der Waals surface area contributed by atoms with Crippen molar-refractivity contribution in [2.24, 2.45) is 5.92 Å². The van der Waals surface area contributed by atoms with Crippen molar-refractivity contribution in [2.75, 3.05) is 0 Å². The van der Waals surface area contributed by atoms with Gasteiger partial charge in [0.2, 0.25) is 0 Å². The summed E-state index contributed by atoms with van der Waals surface area (Å²) in [4.78, 5) is 10.1. The van der Waals surface area contributed by atoms with E-state index in [0.29, 0.717) is 0 Å². The maximum absolute atomic E-state index is 10.1. The van der Waals surface area contributed by atoms with Crippen molar-refractivity contribution in [3.05, 3.63) is 12.2 Å². The summed E-state index contributed by atoms with van der Waals surface area (Å²) in [6.07, 6.45) is 13.4. The summed E-state index contributed by atoms with van der Waals surface area (Å²) in [7, 11) is 0. The van der Waals surface area contributed by atoms with Crippen LogP contribution < -0.4 is 0 Å². The lowest BCUT2D eigenvalue weighted by atomic mass is 9.93. The molecular weight excluding hydrogens is 172 g/mol. The van der Waals surface area contributed by atoms with Crippen LogP contribution in [0, 0.1) is 5.92 Å². The summed E-state index contributed by atoms with van der Waals surface area (Å²) >= 11 is 0. The van der Waals surface area contributed by atoms with E-state index in [1.807, 2.05) is 6.08 Å². The predicted molar refractivity (Wildman–Crippen MR) is 62.4 cm³/mol. The summed E-state index contributed by atoms with van der Waals surface area (Å²) in [5, 5.41) is 0. The number of hydrogen-bond acceptors (Lipinski definition) is 1. The van der Waals surface area contributed by atoms with E-state index in [0.717, 1.165) is 18.6 Å². The Labute approximate surface area is 88.6 Å². The van der Waals surface area contributed by atoms with Crippen molar-refractivity contribution in [3.63, 3.8) is 0 Å². The smallest absolute Gasteiger partial charge is 0.142 e. The molecule has 14 heavy (non-hydrogen) atoms. The van der Waals surface area contributed by atoms with Crippen molar-refractivity contribution >= 4 is 6.29 Å². The van der Waals surface area contributed by atoms with Crippen LogP contribution in [-0.4, -0.2) is 6.29 Å². The molecule has 0 atom stereocenters. The van der Waals surface area contributed by atoms with Crippen molar-refractivity contribution in [2.45, 2.75) is 58.8 Å². The first-order valence-corrected chi connectivity index (χ1v) is 5.95. The van der Waals surface area contributed by atoms with Crippen molar-refractivity contribution in [3.8, 4) is 0 Å². The second kappa shape index (κ2) is 10.5. The monoisotopic (exact) mass is 196 g/mol. The largest absolute Gasteiger partial charge is 0.299 e. The van der Waals surface area contributed by atoms with Crippen LogP contribution in [-0.2, 0) is 4.79 Å². The van der Waals surface area contributed by atoms with Gasteiger partial charge in [-0.2, -0.15) is 0 Å². The molecule has 0 fully saturated rings. The lowest BCUT2D eigenvalue weighted by Gasteiger charge is -2.13. The van der Waals surface area contributed by atoms with Gasteiger partial charge in [0.1, 0.15) is 6.29 Å². The van der Waals surface area contributed by atoms with E-state index in [9.17, 15) is 4.79 Å². The molecule has 0 heterocycles. The van der Waals surface area contributed by atoms with E-state index >= 15 is 0 Å². The van der Waals surface area contributed by atoms with Gasteiger partial charge in [-0.25, -0.2) is 0 Å². The fraction of sp³-hybridized carbons (Fsp3) is 0.769. The molecule has 0 N–H and O–H groups in total. The molecule has 0 aliphatic carbocycles. The molecule has 0 saturated heterocycles. The highest BCUT2D eigenvalue weighted by atomic mass is 16.1. The molecule has 1 nitrogen and oxygen atoms in total. The van der Waals surface area contributed by atoms with Crippen LogP contribution in [0.1, 0.15) is 58.8 Å². The summed E-state index contributed by atoms with van der Waals surface area (Å²) in [5.74, 6) is 0.797. The second-order valence-corrected chi connectivity index (χ2v) is 3.95. The summed E-state index contributed by atoms with van der Waals surface area (Å²) < 4.78 is 0. The van der Waals surface area contributed by atoms with Crippen molar-refractivity contribution in [1.82, 2.24) is 0 Å². The molecule has 0 aromatic heterocycles. The van der Waals surface area contributed by atoms with Gasteiger partial charge in [0.25, 0.3) is 0 Å². The van der Waals surface area contributed by atoms with E-state index in [1.165, 1.54) is 38.5 Å². The molecule has 0 aliphatic rings. The van der Waals surface area contributed by atoms with Gasteiger partial charge in [-0.1, -0.05) is 58.4 Å². The Balaban J connectivity index is 3.70. The summed E-state index contributed by atoms with van der Waals surface area (Å²) in [5.41, 5.74) is 0. The number of carbonyl (C=O) groups is 1. The zero-order chi connectivity index (χ0) is 10.6. The van der Waals surface area contributed by atoms with Crippen LogP contribution in [0.15, 0.2) is 12.2 Å². The Bertz CT molecular complexity index is 141. The van der Waals surface area contributed by atoms with Gasteiger partial charge in [-0.05, 0) is 18.4 Å². The van der Waals surface area contributed by atoms with Crippen molar-refractivity contribution in [1.29, 1.82) is 0 Å². The van der Waals surface area contributed by atoms with Gasteiger partial charge in [0, 0.05) is 0 Å². The average molecular weight is 196 g/mol. The molecule has 0 spiro atoms. The first-order chi connectivity index (χ1) is 6.85. The molecule has 0 unspecified atom stereocenters. The Morgan fingerprint density at radius 2 is 1.64 bits per heavy atom. The number of hydrogen-bond donors (Lipinski definition) is 0. The fourth-order valence-corrected chi connectivity index (χ4v) is 1.69. The first kappa shape index (κ1) is 13.4. The minimum absolute atomic E-state index is 0.797. The van der Waals surface area contributed by atoms with E-state index in [1.54, 1.807) is 6.08 Å². The third kappa shape index (κ3) is 8.03. The highest BCUT2D eigenvalue weighted by Gasteiger charge is 2.05. The van der Waals surface area contributed by atoms with Crippen LogP contribution in [0.25, 0.3) is 0 Å². The Morgan fingerprint density at radius 1 is 1.07 bits per heavy atom. The Hall–Kier alpha value is -0.590. The number of allylic oxidation sites excluding steroid dienone is 2. The Kier molecular flexibility index (Phi) is 10.0. The number of carbonyl (C=O) groups excluding carboxylic acids is 1. The Morgan fingerprint density at radius 3 is 2.07 bits per heavy atom. The molecule has 0 aliphatic heterocycles. The lowest BCUT2D eigenvalue weighted by molar-refractivity contribution is -0.104. The number of unbranched alkanes of at least 4 members (excludes halogenated alkanes) is 2. The SMILES string of the molecule is CCCCC(C/C=C/C=O)CCCC. The minimum atomic E-state index is 0.797. The molecule has 0 aromatic carbocycles. The molecule has 1 heteroatoms. The zero-order valence-corrected chi connectivity index (χ0v) is 9.67. The van der Waals surface area contributed by atoms with Crippen LogP contribution >= 0.6 is 0 Å². The molecule has 0 rings (SSSR count). The van der Waals surface area contributed by atoms with Crippen LogP contribution in [0.4, 0.5) is 0 Å².